The van der Waals surface area contributed by atoms with Crippen LogP contribution in [0.2, 0.25) is 0 Å². The zero-order valence-electron chi connectivity index (χ0n) is 11.3. The van der Waals surface area contributed by atoms with E-state index in [4.69, 9.17) is 4.74 Å². The summed E-state index contributed by atoms with van der Waals surface area (Å²) in [5.74, 6) is 1.20. The normalized spacial score (nSPS) is 14.0. The average molecular weight is 268 g/mol. The molecule has 1 aliphatic carbocycles. The van der Waals surface area contributed by atoms with E-state index in [9.17, 15) is 5.26 Å². The quantitative estimate of drug-likeness (QED) is 0.904. The molecule has 1 aromatic carbocycles. The van der Waals surface area contributed by atoms with Crippen LogP contribution in [0.1, 0.15) is 24.0 Å². The van der Waals surface area contributed by atoms with Gasteiger partial charge in [-0.15, -0.1) is 0 Å². The van der Waals surface area contributed by atoms with Gasteiger partial charge in [0.25, 0.3) is 0 Å². The van der Waals surface area contributed by atoms with Crippen LogP contribution in [-0.4, -0.2) is 15.8 Å². The molecule has 0 spiro atoms. The molecule has 1 saturated carbocycles. The molecular formula is C15H16N4O. The number of nitriles is 1. The Kier molecular flexibility index (Phi) is 3.40. The van der Waals surface area contributed by atoms with Gasteiger partial charge >= 0.3 is 0 Å². The Labute approximate surface area is 117 Å². The summed E-state index contributed by atoms with van der Waals surface area (Å²) in [5.41, 5.74) is 1.65. The fourth-order valence-corrected chi connectivity index (χ4v) is 1.99. The number of rotatable bonds is 5. The van der Waals surface area contributed by atoms with Crippen molar-refractivity contribution in [2.75, 3.05) is 0 Å². The molecule has 1 heterocycles. The lowest BCUT2D eigenvalue weighted by atomic mass is 10.1. The molecule has 0 unspecified atom stereocenters. The Hall–Kier alpha value is -2.32. The van der Waals surface area contributed by atoms with Gasteiger partial charge in [-0.2, -0.15) is 10.4 Å². The van der Waals surface area contributed by atoms with Crippen molar-refractivity contribution in [1.82, 2.24) is 15.1 Å². The van der Waals surface area contributed by atoms with Crippen LogP contribution in [0.5, 0.6) is 11.5 Å². The lowest BCUT2D eigenvalue weighted by Gasteiger charge is -2.08. The van der Waals surface area contributed by atoms with E-state index < -0.39 is 0 Å². The van der Waals surface area contributed by atoms with Gasteiger partial charge in [-0.25, -0.2) is 0 Å². The van der Waals surface area contributed by atoms with Gasteiger partial charge in [-0.1, -0.05) is 6.07 Å². The molecule has 5 nitrogen and oxygen atoms in total. The van der Waals surface area contributed by atoms with E-state index in [2.05, 4.69) is 16.5 Å². The van der Waals surface area contributed by atoms with Crippen LogP contribution in [0.3, 0.4) is 0 Å². The third kappa shape index (κ3) is 2.98. The monoisotopic (exact) mass is 268 g/mol. The molecule has 1 aromatic heterocycles. The molecule has 1 aliphatic rings. The Morgan fingerprint density at radius 2 is 2.35 bits per heavy atom. The highest BCUT2D eigenvalue weighted by Gasteiger charge is 2.20. The summed E-state index contributed by atoms with van der Waals surface area (Å²) >= 11 is 0. The molecule has 5 heteroatoms. The maximum atomic E-state index is 9.24. The van der Waals surface area contributed by atoms with E-state index in [-0.39, 0.29) is 0 Å². The van der Waals surface area contributed by atoms with Crippen molar-refractivity contribution < 1.29 is 4.74 Å². The molecule has 0 aliphatic heterocycles. The highest BCUT2D eigenvalue weighted by Crippen LogP contribution is 2.26. The molecule has 0 saturated heterocycles. The van der Waals surface area contributed by atoms with Gasteiger partial charge < -0.3 is 10.1 Å². The number of aromatic nitrogens is 2. The number of ether oxygens (including phenoxy) is 1. The van der Waals surface area contributed by atoms with Crippen molar-refractivity contribution in [3.63, 3.8) is 0 Å². The standard InChI is InChI=1S/C15H16N4O/c1-19-10-14(9-18-19)20-15-5-2-11(6-12(15)7-16)8-17-13-3-4-13/h2,5-6,9-10,13,17H,3-4,8H2,1H3. The molecule has 0 atom stereocenters. The summed E-state index contributed by atoms with van der Waals surface area (Å²) in [7, 11) is 1.82. The molecule has 0 amide bonds. The van der Waals surface area contributed by atoms with Crippen LogP contribution >= 0.6 is 0 Å². The van der Waals surface area contributed by atoms with E-state index in [0.717, 1.165) is 12.1 Å². The minimum atomic E-state index is 0.545. The average Bonchev–Trinajstić information content (AvgIpc) is 3.20. The largest absolute Gasteiger partial charge is 0.453 e. The molecule has 1 N–H and O–H groups in total. The second kappa shape index (κ2) is 5.35. The molecular weight excluding hydrogens is 252 g/mol. The third-order valence-corrected chi connectivity index (χ3v) is 3.25. The third-order valence-electron chi connectivity index (χ3n) is 3.25. The topological polar surface area (TPSA) is 62.9 Å². The van der Waals surface area contributed by atoms with E-state index >= 15 is 0 Å². The first-order chi connectivity index (χ1) is 9.74. The van der Waals surface area contributed by atoms with E-state index in [0.29, 0.717) is 23.1 Å². The van der Waals surface area contributed by atoms with Crippen molar-refractivity contribution >= 4 is 0 Å². The Morgan fingerprint density at radius 3 is 3.00 bits per heavy atom. The second-order valence-electron chi connectivity index (χ2n) is 5.05. The Balaban J connectivity index is 1.74. The SMILES string of the molecule is Cn1cc(Oc2ccc(CNC3CC3)cc2C#N)cn1. The number of aryl methyl sites for hydroxylation is 1. The van der Waals surface area contributed by atoms with Crippen LogP contribution < -0.4 is 10.1 Å². The zero-order valence-corrected chi connectivity index (χ0v) is 11.3. The van der Waals surface area contributed by atoms with Crippen molar-refractivity contribution in [3.05, 3.63) is 41.7 Å². The van der Waals surface area contributed by atoms with E-state index in [1.165, 1.54) is 12.8 Å². The molecule has 1 fully saturated rings. The second-order valence-corrected chi connectivity index (χ2v) is 5.05. The summed E-state index contributed by atoms with van der Waals surface area (Å²) in [4.78, 5) is 0. The van der Waals surface area contributed by atoms with Crippen molar-refractivity contribution in [2.24, 2.45) is 7.05 Å². The van der Waals surface area contributed by atoms with Gasteiger partial charge in [0.2, 0.25) is 0 Å². The molecule has 102 valence electrons. The summed E-state index contributed by atoms with van der Waals surface area (Å²) in [5, 5.41) is 16.7. The molecule has 0 radical (unpaired) electrons. The first kappa shape index (κ1) is 12.7. The number of nitrogens with one attached hydrogen (secondary N) is 1. The maximum absolute atomic E-state index is 9.24. The Morgan fingerprint density at radius 1 is 1.50 bits per heavy atom. The van der Waals surface area contributed by atoms with Crippen LogP contribution in [0.4, 0.5) is 0 Å². The van der Waals surface area contributed by atoms with Crippen LogP contribution in [0, 0.1) is 11.3 Å². The summed E-state index contributed by atoms with van der Waals surface area (Å²) < 4.78 is 7.35. The minimum absolute atomic E-state index is 0.545. The first-order valence-electron chi connectivity index (χ1n) is 6.67. The smallest absolute Gasteiger partial charge is 0.165 e. The number of hydrogen-bond acceptors (Lipinski definition) is 4. The summed E-state index contributed by atoms with van der Waals surface area (Å²) in [6.07, 6.45) is 5.91. The molecule has 3 rings (SSSR count). The van der Waals surface area contributed by atoms with Gasteiger partial charge in [0.1, 0.15) is 11.8 Å². The van der Waals surface area contributed by atoms with Gasteiger partial charge in [-0.05, 0) is 30.5 Å². The van der Waals surface area contributed by atoms with Crippen molar-refractivity contribution in [3.8, 4) is 17.6 Å². The van der Waals surface area contributed by atoms with E-state index in [1.807, 2.05) is 25.2 Å². The van der Waals surface area contributed by atoms with E-state index in [1.54, 1.807) is 17.1 Å². The van der Waals surface area contributed by atoms with Crippen molar-refractivity contribution in [2.45, 2.75) is 25.4 Å². The van der Waals surface area contributed by atoms with Gasteiger partial charge in [0.15, 0.2) is 5.75 Å². The highest BCUT2D eigenvalue weighted by molar-refractivity contribution is 5.47. The predicted molar refractivity (Wildman–Crippen MR) is 74.3 cm³/mol. The number of nitrogens with zero attached hydrogens (tertiary/aromatic N) is 3. The van der Waals surface area contributed by atoms with Gasteiger partial charge in [-0.3, -0.25) is 4.68 Å². The summed E-state index contributed by atoms with van der Waals surface area (Å²) in [6, 6.07) is 8.55. The predicted octanol–water partition coefficient (Wildman–Crippen LogP) is 2.34. The maximum Gasteiger partial charge on any atom is 0.165 e. The molecule has 2 aromatic rings. The Bertz CT molecular complexity index is 652. The number of hydrogen-bond donors (Lipinski definition) is 1. The molecule has 0 bridgehead atoms. The fourth-order valence-electron chi connectivity index (χ4n) is 1.99. The summed E-state index contributed by atoms with van der Waals surface area (Å²) in [6.45, 7) is 0.798. The minimum Gasteiger partial charge on any atom is -0.453 e. The van der Waals surface area contributed by atoms with Crippen LogP contribution in [0.15, 0.2) is 30.6 Å². The lowest BCUT2D eigenvalue weighted by Crippen LogP contribution is -2.15. The van der Waals surface area contributed by atoms with Gasteiger partial charge in [0, 0.05) is 19.6 Å². The highest BCUT2D eigenvalue weighted by atomic mass is 16.5. The molecule has 20 heavy (non-hydrogen) atoms. The van der Waals surface area contributed by atoms with Gasteiger partial charge in [0.05, 0.1) is 18.0 Å². The van der Waals surface area contributed by atoms with Crippen LogP contribution in [-0.2, 0) is 13.6 Å². The van der Waals surface area contributed by atoms with Crippen molar-refractivity contribution in [1.29, 1.82) is 5.26 Å². The van der Waals surface area contributed by atoms with Crippen LogP contribution in [0.25, 0.3) is 0 Å². The fraction of sp³-hybridized carbons (Fsp3) is 0.333. The first-order valence-corrected chi connectivity index (χ1v) is 6.67. The lowest BCUT2D eigenvalue weighted by molar-refractivity contribution is 0.480. The zero-order chi connectivity index (χ0) is 13.9. The number of benzene rings is 1.